The first-order chi connectivity index (χ1) is 23.6. The van der Waals surface area contributed by atoms with Crippen molar-refractivity contribution in [2.75, 3.05) is 0 Å². The van der Waals surface area contributed by atoms with E-state index in [-0.39, 0.29) is 17.5 Å². The number of allylic oxidation sites excluding steroid dienone is 8. The summed E-state index contributed by atoms with van der Waals surface area (Å²) in [7, 11) is 0. The molecule has 0 spiro atoms. The minimum absolute atomic E-state index is 0.0167. The monoisotopic (exact) mass is 687 g/mol. The molecule has 5 aliphatic rings. The van der Waals surface area contributed by atoms with Crippen molar-refractivity contribution in [1.29, 1.82) is 0 Å². The fourth-order valence-corrected chi connectivity index (χ4v) is 12.8. The largest absolute Gasteiger partial charge is 0.462 e. The third kappa shape index (κ3) is 7.86. The molecular weight excluding hydrogens is 609 g/mol. The van der Waals surface area contributed by atoms with Crippen LogP contribution in [0.4, 0.5) is 0 Å². The Balaban J connectivity index is 1.10. The highest BCUT2D eigenvalue weighted by Crippen LogP contribution is 2.75. The highest BCUT2D eigenvalue weighted by atomic mass is 16.5. The standard InChI is InChI=1S/C48H78O2/c1-10-11-12-13-14-15-16-17-18-19-20-21-22-23-24-25-42(49)50-41-29-30-46(7)39(44(41,4)5)28-31-48(9)40(46)27-26-37-38-36-43(2,3)32-33-45(38,6)34-35-47(37,48)8/h11-12,14-15,17-18,26,38-41H,10,13,16,19-25,27-36H2,1-9H3. The smallest absolute Gasteiger partial charge is 0.306 e. The Labute approximate surface area is 309 Å². The molecule has 8 atom stereocenters. The second kappa shape index (κ2) is 15.8. The van der Waals surface area contributed by atoms with Crippen LogP contribution in [0.2, 0.25) is 0 Å². The Bertz CT molecular complexity index is 1280. The van der Waals surface area contributed by atoms with Crippen LogP contribution >= 0.6 is 0 Å². The summed E-state index contributed by atoms with van der Waals surface area (Å²) in [5, 5.41) is 0. The van der Waals surface area contributed by atoms with Crippen LogP contribution in [0.3, 0.4) is 0 Å². The molecule has 2 nitrogen and oxygen atoms in total. The molecule has 0 heterocycles. The number of esters is 1. The van der Waals surface area contributed by atoms with E-state index in [1.54, 1.807) is 0 Å². The van der Waals surface area contributed by atoms with Crippen LogP contribution in [0.5, 0.6) is 0 Å². The zero-order valence-corrected chi connectivity index (χ0v) is 34.3. The molecule has 50 heavy (non-hydrogen) atoms. The van der Waals surface area contributed by atoms with E-state index in [1.807, 2.05) is 5.57 Å². The summed E-state index contributed by atoms with van der Waals surface area (Å²) in [5.41, 5.74) is 3.81. The van der Waals surface area contributed by atoms with E-state index in [9.17, 15) is 4.79 Å². The first kappa shape index (κ1) is 39.6. The lowest BCUT2D eigenvalue weighted by atomic mass is 9.33. The van der Waals surface area contributed by atoms with Crippen molar-refractivity contribution in [3.63, 3.8) is 0 Å². The van der Waals surface area contributed by atoms with Gasteiger partial charge in [-0.1, -0.05) is 130 Å². The Morgan fingerprint density at radius 2 is 1.40 bits per heavy atom. The van der Waals surface area contributed by atoms with Crippen LogP contribution in [0.15, 0.2) is 48.1 Å². The highest BCUT2D eigenvalue weighted by Gasteiger charge is 2.68. The van der Waals surface area contributed by atoms with E-state index < -0.39 is 0 Å². The van der Waals surface area contributed by atoms with Crippen LogP contribution < -0.4 is 0 Å². The lowest BCUT2D eigenvalue weighted by molar-refractivity contribution is -0.212. The van der Waals surface area contributed by atoms with Gasteiger partial charge in [0.05, 0.1) is 0 Å². The van der Waals surface area contributed by atoms with Gasteiger partial charge in [0.15, 0.2) is 0 Å². The molecule has 8 unspecified atom stereocenters. The topological polar surface area (TPSA) is 26.3 Å². The number of carbonyl (C=O) groups is 1. The molecular formula is C48H78O2. The molecule has 4 fully saturated rings. The number of fused-ring (bicyclic) bond motifs is 7. The summed E-state index contributed by atoms with van der Waals surface area (Å²) >= 11 is 0. The molecule has 4 saturated carbocycles. The number of hydrogen-bond acceptors (Lipinski definition) is 2. The van der Waals surface area contributed by atoms with Gasteiger partial charge >= 0.3 is 5.97 Å². The molecule has 0 radical (unpaired) electrons. The number of hydrogen-bond donors (Lipinski definition) is 0. The van der Waals surface area contributed by atoms with Crippen LogP contribution in [0.25, 0.3) is 0 Å². The van der Waals surface area contributed by atoms with Crippen molar-refractivity contribution in [3.05, 3.63) is 48.1 Å². The lowest BCUT2D eigenvalue weighted by Crippen LogP contribution is -2.64. The van der Waals surface area contributed by atoms with Gasteiger partial charge in [-0.3, -0.25) is 4.79 Å². The first-order valence-electron chi connectivity index (χ1n) is 21.5. The number of ether oxygens (including phenoxy) is 1. The number of unbranched alkanes of at least 4 members (excludes halogenated alkanes) is 5. The minimum Gasteiger partial charge on any atom is -0.462 e. The summed E-state index contributed by atoms with van der Waals surface area (Å²) < 4.78 is 6.41. The van der Waals surface area contributed by atoms with Gasteiger partial charge in [0, 0.05) is 11.8 Å². The molecule has 282 valence electrons. The predicted molar refractivity (Wildman–Crippen MR) is 214 cm³/mol. The van der Waals surface area contributed by atoms with Gasteiger partial charge in [-0.05, 0) is 148 Å². The van der Waals surface area contributed by atoms with Crippen molar-refractivity contribution in [1.82, 2.24) is 0 Å². The van der Waals surface area contributed by atoms with Crippen LogP contribution in [-0.4, -0.2) is 12.1 Å². The van der Waals surface area contributed by atoms with E-state index in [0.29, 0.717) is 45.3 Å². The fraction of sp³-hybridized carbons (Fsp3) is 0.812. The fourth-order valence-electron chi connectivity index (χ4n) is 12.8. The Morgan fingerprint density at radius 1 is 0.740 bits per heavy atom. The van der Waals surface area contributed by atoms with Crippen molar-refractivity contribution in [2.45, 2.75) is 197 Å². The van der Waals surface area contributed by atoms with E-state index in [2.05, 4.69) is 105 Å². The van der Waals surface area contributed by atoms with Gasteiger partial charge in [-0.15, -0.1) is 0 Å². The van der Waals surface area contributed by atoms with Gasteiger partial charge in [0.25, 0.3) is 0 Å². The van der Waals surface area contributed by atoms with E-state index in [0.717, 1.165) is 50.9 Å². The zero-order chi connectivity index (χ0) is 36.3. The molecule has 0 saturated heterocycles. The molecule has 5 rings (SSSR count). The van der Waals surface area contributed by atoms with E-state index in [4.69, 9.17) is 4.74 Å². The van der Waals surface area contributed by atoms with Gasteiger partial charge < -0.3 is 4.74 Å². The second-order valence-corrected chi connectivity index (χ2v) is 20.3. The SMILES string of the molecule is CCC=CCC=CCC=CCCCCCCCC(=O)OC1CCC2(C)C(CCC3(C)C2CC=C2C4CC(C)(C)CCC4(C)CCC23C)C1(C)C. The first-order valence-corrected chi connectivity index (χ1v) is 21.5. The average molecular weight is 687 g/mol. The molecule has 0 aliphatic heterocycles. The molecule has 2 heteroatoms. The summed E-state index contributed by atoms with van der Waals surface area (Å²) in [6.07, 6.45) is 40.3. The lowest BCUT2D eigenvalue weighted by Gasteiger charge is -2.71. The zero-order valence-electron chi connectivity index (χ0n) is 34.3. The highest BCUT2D eigenvalue weighted by molar-refractivity contribution is 5.69. The summed E-state index contributed by atoms with van der Waals surface area (Å²) in [6.45, 7) is 22.9. The summed E-state index contributed by atoms with van der Waals surface area (Å²) in [4.78, 5) is 13.2. The minimum atomic E-state index is 0.0167. The quantitative estimate of drug-likeness (QED) is 0.103. The Hall–Kier alpha value is -1.57. The van der Waals surface area contributed by atoms with E-state index >= 15 is 0 Å². The van der Waals surface area contributed by atoms with Crippen LogP contribution in [0.1, 0.15) is 191 Å². The van der Waals surface area contributed by atoms with Crippen molar-refractivity contribution >= 4 is 5.97 Å². The average Bonchev–Trinajstić information content (AvgIpc) is 3.05. The molecule has 0 bridgehead atoms. The van der Waals surface area contributed by atoms with E-state index in [1.165, 1.54) is 77.0 Å². The maximum absolute atomic E-state index is 13.2. The summed E-state index contributed by atoms with van der Waals surface area (Å²) in [6, 6.07) is 0. The Kier molecular flexibility index (Phi) is 12.5. The van der Waals surface area contributed by atoms with Crippen LogP contribution in [0, 0.1) is 50.2 Å². The third-order valence-corrected chi connectivity index (χ3v) is 16.3. The van der Waals surface area contributed by atoms with Gasteiger partial charge in [-0.25, -0.2) is 0 Å². The summed E-state index contributed by atoms with van der Waals surface area (Å²) in [5.74, 6) is 2.13. The van der Waals surface area contributed by atoms with Gasteiger partial charge in [0.2, 0.25) is 0 Å². The van der Waals surface area contributed by atoms with Crippen molar-refractivity contribution in [2.24, 2.45) is 50.2 Å². The Morgan fingerprint density at radius 3 is 2.14 bits per heavy atom. The molecule has 5 aliphatic carbocycles. The third-order valence-electron chi connectivity index (χ3n) is 16.3. The van der Waals surface area contributed by atoms with Crippen molar-refractivity contribution < 1.29 is 9.53 Å². The molecule has 0 aromatic rings. The molecule has 0 amide bonds. The molecule has 0 N–H and O–H groups in total. The second-order valence-electron chi connectivity index (χ2n) is 20.3. The number of rotatable bonds is 14. The van der Waals surface area contributed by atoms with Crippen LogP contribution in [-0.2, 0) is 9.53 Å². The number of carbonyl (C=O) groups excluding carboxylic acids is 1. The van der Waals surface area contributed by atoms with Crippen molar-refractivity contribution in [3.8, 4) is 0 Å². The van der Waals surface area contributed by atoms with Gasteiger partial charge in [0.1, 0.15) is 6.10 Å². The normalized spacial score (nSPS) is 39.1. The maximum Gasteiger partial charge on any atom is 0.306 e. The van der Waals surface area contributed by atoms with Gasteiger partial charge in [-0.2, -0.15) is 0 Å². The maximum atomic E-state index is 13.2. The molecule has 0 aromatic carbocycles. The predicted octanol–water partition coefficient (Wildman–Crippen LogP) is 14.3. The molecule has 0 aromatic heterocycles.